The van der Waals surface area contributed by atoms with E-state index in [2.05, 4.69) is 0 Å². The van der Waals surface area contributed by atoms with Crippen LogP contribution in [0.15, 0.2) is 30.3 Å². The summed E-state index contributed by atoms with van der Waals surface area (Å²) in [5.41, 5.74) is -0.0754. The third kappa shape index (κ3) is 8.81. The first-order valence-electron chi connectivity index (χ1n) is 11.0. The van der Waals surface area contributed by atoms with Crippen molar-refractivity contribution >= 4 is 26.3 Å². The number of methoxy groups -OCH3 is 1. The number of amides is 1. The van der Waals surface area contributed by atoms with E-state index in [0.29, 0.717) is 0 Å². The Morgan fingerprint density at radius 2 is 1.58 bits per heavy atom. The SMILES string of the molecule is COC(=O)[C@H]([C@H](CC(=O)O)O[Si](C)(C)C(C)(C)C)N(Cc1ccccc1)C(=O)OC(C)(C)C. The maximum absolute atomic E-state index is 13.3. The van der Waals surface area contributed by atoms with Crippen molar-refractivity contribution in [1.82, 2.24) is 4.90 Å². The van der Waals surface area contributed by atoms with Crippen LogP contribution in [0.3, 0.4) is 0 Å². The van der Waals surface area contributed by atoms with Crippen LogP contribution < -0.4 is 0 Å². The van der Waals surface area contributed by atoms with Crippen LogP contribution >= 0.6 is 0 Å². The quantitative estimate of drug-likeness (QED) is 0.398. The normalized spacial score (nSPS) is 14.2. The molecular weight excluding hydrogens is 442 g/mol. The van der Waals surface area contributed by atoms with Crippen LogP contribution in [0.4, 0.5) is 4.79 Å². The fraction of sp³-hybridized carbons (Fsp3) is 0.625. The van der Waals surface area contributed by atoms with Crippen LogP contribution in [0, 0.1) is 0 Å². The van der Waals surface area contributed by atoms with Crippen LogP contribution in [-0.2, 0) is 30.0 Å². The van der Waals surface area contributed by atoms with E-state index in [1.165, 1.54) is 12.0 Å². The van der Waals surface area contributed by atoms with Crippen LogP contribution in [0.1, 0.15) is 53.5 Å². The molecule has 0 aliphatic carbocycles. The summed E-state index contributed by atoms with van der Waals surface area (Å²) in [6.45, 7) is 15.2. The summed E-state index contributed by atoms with van der Waals surface area (Å²) in [7, 11) is -1.32. The maximum atomic E-state index is 13.3. The molecular formula is C24H39NO7Si. The fourth-order valence-corrected chi connectivity index (χ4v) is 4.25. The summed E-state index contributed by atoms with van der Waals surface area (Å²) >= 11 is 0. The molecule has 8 nitrogen and oxygen atoms in total. The molecule has 0 radical (unpaired) electrons. The standard InChI is InChI=1S/C24H39NO7Si/c1-23(2,3)31-22(29)25(16-17-13-11-10-12-14-17)20(21(28)30-7)18(15-19(26)27)32-33(8,9)24(4,5)6/h10-14,18,20H,15-16H2,1-9H3,(H,26,27)/t18-,20-/m0/s1. The Balaban J connectivity index is 3.58. The topological polar surface area (TPSA) is 102 Å². The van der Waals surface area contributed by atoms with Crippen molar-refractivity contribution in [3.8, 4) is 0 Å². The highest BCUT2D eigenvalue weighted by Crippen LogP contribution is 2.38. The minimum Gasteiger partial charge on any atom is -0.481 e. The Kier molecular flexibility index (Phi) is 9.68. The molecule has 1 rings (SSSR count). The van der Waals surface area contributed by atoms with Gasteiger partial charge in [0.2, 0.25) is 0 Å². The summed E-state index contributed by atoms with van der Waals surface area (Å²) in [5, 5.41) is 9.38. The highest BCUT2D eigenvalue weighted by atomic mass is 28.4. The zero-order chi connectivity index (χ0) is 25.6. The van der Waals surface area contributed by atoms with Crippen molar-refractivity contribution in [3.05, 3.63) is 35.9 Å². The number of nitrogens with zero attached hydrogens (tertiary/aromatic N) is 1. The van der Waals surface area contributed by atoms with Crippen LogP contribution in [-0.4, -0.2) is 61.2 Å². The molecule has 0 aliphatic rings. The van der Waals surface area contributed by atoms with E-state index >= 15 is 0 Å². The van der Waals surface area contributed by atoms with E-state index in [1.807, 2.05) is 64.2 Å². The first-order valence-corrected chi connectivity index (χ1v) is 13.9. The summed E-state index contributed by atoms with van der Waals surface area (Å²) in [5.74, 6) is -1.90. The summed E-state index contributed by atoms with van der Waals surface area (Å²) < 4.78 is 17.0. The number of carboxylic acid groups (broad SMARTS) is 1. The Morgan fingerprint density at radius 1 is 1.03 bits per heavy atom. The fourth-order valence-electron chi connectivity index (χ4n) is 2.92. The lowest BCUT2D eigenvalue weighted by Gasteiger charge is -2.42. The Hall–Kier alpha value is -2.39. The molecule has 0 unspecified atom stereocenters. The predicted octanol–water partition coefficient (Wildman–Crippen LogP) is 4.83. The van der Waals surface area contributed by atoms with Gasteiger partial charge in [-0.15, -0.1) is 0 Å². The molecule has 2 atom stereocenters. The monoisotopic (exact) mass is 481 g/mol. The lowest BCUT2D eigenvalue weighted by Crippen LogP contribution is -2.57. The number of carbonyl (C=O) groups excluding carboxylic acids is 2. The van der Waals surface area contributed by atoms with Gasteiger partial charge in [0.25, 0.3) is 0 Å². The second kappa shape index (κ2) is 11.2. The molecule has 0 fully saturated rings. The van der Waals surface area contributed by atoms with Crippen molar-refractivity contribution in [2.75, 3.05) is 7.11 Å². The molecule has 0 aliphatic heterocycles. The zero-order valence-electron chi connectivity index (χ0n) is 21.3. The van der Waals surface area contributed by atoms with Crippen LogP contribution in [0.25, 0.3) is 0 Å². The van der Waals surface area contributed by atoms with E-state index in [4.69, 9.17) is 13.9 Å². The number of benzene rings is 1. The first-order chi connectivity index (χ1) is 15.0. The molecule has 1 N–H and O–H groups in total. The van der Waals surface area contributed by atoms with Gasteiger partial charge < -0.3 is 19.0 Å². The number of aliphatic carboxylic acids is 1. The molecule has 1 aromatic rings. The number of carboxylic acids is 1. The molecule has 186 valence electrons. The van der Waals surface area contributed by atoms with Gasteiger partial charge in [-0.05, 0) is 44.5 Å². The van der Waals surface area contributed by atoms with E-state index in [0.717, 1.165) is 5.56 Å². The number of hydrogen-bond donors (Lipinski definition) is 1. The molecule has 1 amide bonds. The lowest BCUT2D eigenvalue weighted by molar-refractivity contribution is -0.153. The lowest BCUT2D eigenvalue weighted by atomic mass is 10.1. The molecule has 0 aromatic heterocycles. The number of rotatable bonds is 9. The van der Waals surface area contributed by atoms with Gasteiger partial charge in [0.15, 0.2) is 14.4 Å². The molecule has 0 spiro atoms. The first kappa shape index (κ1) is 28.6. The number of esters is 1. The van der Waals surface area contributed by atoms with Crippen molar-refractivity contribution in [3.63, 3.8) is 0 Å². The summed E-state index contributed by atoms with van der Waals surface area (Å²) in [4.78, 5) is 39.3. The molecule has 0 saturated heterocycles. The molecule has 33 heavy (non-hydrogen) atoms. The largest absolute Gasteiger partial charge is 0.481 e. The smallest absolute Gasteiger partial charge is 0.411 e. The van der Waals surface area contributed by atoms with Gasteiger partial charge in [0.1, 0.15) is 5.60 Å². The predicted molar refractivity (Wildman–Crippen MR) is 128 cm³/mol. The summed E-state index contributed by atoms with van der Waals surface area (Å²) in [6, 6.07) is 7.79. The molecule has 9 heteroatoms. The van der Waals surface area contributed by atoms with Crippen LogP contribution in [0.2, 0.25) is 18.1 Å². The zero-order valence-corrected chi connectivity index (χ0v) is 22.3. The van der Waals surface area contributed by atoms with Gasteiger partial charge in [-0.1, -0.05) is 51.1 Å². The molecule has 0 saturated carbocycles. The number of ether oxygens (including phenoxy) is 2. The Bertz CT molecular complexity index is 812. The van der Waals surface area contributed by atoms with Gasteiger partial charge >= 0.3 is 18.0 Å². The van der Waals surface area contributed by atoms with Crippen LogP contribution in [0.5, 0.6) is 0 Å². The van der Waals surface area contributed by atoms with Gasteiger partial charge in [-0.3, -0.25) is 9.69 Å². The average Bonchev–Trinajstić information content (AvgIpc) is 2.64. The Morgan fingerprint density at radius 3 is 2.00 bits per heavy atom. The van der Waals surface area contributed by atoms with Crippen molar-refractivity contribution < 1.29 is 33.4 Å². The third-order valence-electron chi connectivity index (χ3n) is 5.58. The minimum atomic E-state index is -2.53. The van der Waals surface area contributed by atoms with Crippen molar-refractivity contribution in [2.24, 2.45) is 0 Å². The van der Waals surface area contributed by atoms with E-state index in [1.54, 1.807) is 20.8 Å². The van der Waals surface area contributed by atoms with Crippen molar-refractivity contribution in [2.45, 2.75) is 90.4 Å². The minimum absolute atomic E-state index is 0.0203. The van der Waals surface area contributed by atoms with E-state index in [9.17, 15) is 19.5 Å². The summed E-state index contributed by atoms with van der Waals surface area (Å²) in [6.07, 6.45) is -2.34. The van der Waals surface area contributed by atoms with E-state index in [-0.39, 0.29) is 11.6 Å². The highest BCUT2D eigenvalue weighted by Gasteiger charge is 2.46. The molecule has 0 heterocycles. The van der Waals surface area contributed by atoms with Gasteiger partial charge in [0, 0.05) is 0 Å². The van der Waals surface area contributed by atoms with Gasteiger partial charge in [0.05, 0.1) is 26.2 Å². The average molecular weight is 482 g/mol. The van der Waals surface area contributed by atoms with E-state index < -0.39 is 50.5 Å². The third-order valence-corrected chi connectivity index (χ3v) is 10.1. The number of carbonyl (C=O) groups is 3. The maximum Gasteiger partial charge on any atom is 0.411 e. The second-order valence-electron chi connectivity index (χ2n) is 10.6. The van der Waals surface area contributed by atoms with Gasteiger partial charge in [-0.2, -0.15) is 0 Å². The number of hydrogen-bond acceptors (Lipinski definition) is 6. The van der Waals surface area contributed by atoms with Crippen molar-refractivity contribution in [1.29, 1.82) is 0 Å². The molecule has 0 bridgehead atoms. The molecule has 1 aromatic carbocycles. The van der Waals surface area contributed by atoms with Gasteiger partial charge in [-0.25, -0.2) is 9.59 Å². The highest BCUT2D eigenvalue weighted by molar-refractivity contribution is 6.74. The second-order valence-corrected chi connectivity index (χ2v) is 15.3. The Labute approximate surface area is 198 Å².